The molecule has 1 N–H and O–H groups in total. The number of likely N-dealkylation sites (tertiary alicyclic amines) is 1. The van der Waals surface area contributed by atoms with E-state index in [1.165, 1.54) is 6.42 Å². The van der Waals surface area contributed by atoms with Crippen LogP contribution in [0.3, 0.4) is 0 Å². The van der Waals surface area contributed by atoms with Gasteiger partial charge in [0.1, 0.15) is 0 Å². The van der Waals surface area contributed by atoms with Crippen LogP contribution in [-0.2, 0) is 4.79 Å². The molecule has 2 rings (SSSR count). The maximum Gasteiger partial charge on any atom is 0.222 e. The number of hydrogen-bond acceptors (Lipinski definition) is 3. The highest BCUT2D eigenvalue weighted by Gasteiger charge is 2.29. The highest BCUT2D eigenvalue weighted by Crippen LogP contribution is 2.19. The molecular formula is C15H31Cl2N3O. The number of carbonyl (C=O) groups is 1. The lowest BCUT2D eigenvalue weighted by molar-refractivity contribution is -0.130. The first-order valence-corrected chi connectivity index (χ1v) is 7.97. The molecule has 1 amide bonds. The molecule has 0 spiro atoms. The molecule has 2 atom stereocenters. The second kappa shape index (κ2) is 10.7. The number of rotatable bonds is 6. The minimum Gasteiger partial charge on any atom is -0.341 e. The van der Waals surface area contributed by atoms with E-state index in [1.54, 1.807) is 0 Å². The number of likely N-dealkylation sites (N-methyl/N-ethyl adjacent to an activating group) is 1. The van der Waals surface area contributed by atoms with Gasteiger partial charge in [-0.1, -0.05) is 13.8 Å². The molecule has 2 aliphatic heterocycles. The second-order valence-electron chi connectivity index (χ2n) is 5.90. The van der Waals surface area contributed by atoms with Gasteiger partial charge >= 0.3 is 0 Å². The standard InChI is InChI=1S/C15H29N3O.2ClH/c1-3-17(4-2)14-8-10-18(12-14)15(19)6-5-13-7-9-16-11-13;;/h13-14,16H,3-12H2,1-2H3;2*1H. The fourth-order valence-corrected chi connectivity index (χ4v) is 3.45. The van der Waals surface area contributed by atoms with Crippen LogP contribution in [0.4, 0.5) is 0 Å². The van der Waals surface area contributed by atoms with E-state index in [-0.39, 0.29) is 24.8 Å². The maximum absolute atomic E-state index is 12.2. The monoisotopic (exact) mass is 339 g/mol. The Labute approximate surface area is 141 Å². The van der Waals surface area contributed by atoms with Gasteiger partial charge in [-0.2, -0.15) is 0 Å². The van der Waals surface area contributed by atoms with Gasteiger partial charge in [0.05, 0.1) is 0 Å². The summed E-state index contributed by atoms with van der Waals surface area (Å²) in [6.45, 7) is 10.8. The van der Waals surface area contributed by atoms with Crippen LogP contribution < -0.4 is 5.32 Å². The van der Waals surface area contributed by atoms with Crippen molar-refractivity contribution in [2.24, 2.45) is 5.92 Å². The van der Waals surface area contributed by atoms with E-state index in [0.717, 1.165) is 64.4 Å². The van der Waals surface area contributed by atoms with Crippen LogP contribution in [0, 0.1) is 5.92 Å². The van der Waals surface area contributed by atoms with Crippen LogP contribution in [-0.4, -0.2) is 61.0 Å². The molecule has 2 aliphatic rings. The summed E-state index contributed by atoms with van der Waals surface area (Å²) in [5.74, 6) is 1.10. The van der Waals surface area contributed by atoms with Crippen LogP contribution in [0.15, 0.2) is 0 Å². The quantitative estimate of drug-likeness (QED) is 0.805. The third-order valence-electron chi connectivity index (χ3n) is 4.77. The second-order valence-corrected chi connectivity index (χ2v) is 5.90. The first-order chi connectivity index (χ1) is 9.24. The first-order valence-electron chi connectivity index (χ1n) is 7.97. The smallest absolute Gasteiger partial charge is 0.222 e. The molecule has 0 aromatic carbocycles. The van der Waals surface area contributed by atoms with E-state index in [0.29, 0.717) is 11.9 Å². The van der Waals surface area contributed by atoms with Crippen molar-refractivity contribution >= 4 is 30.7 Å². The Balaban J connectivity index is 0.00000200. The Bertz CT molecular complexity index is 295. The summed E-state index contributed by atoms with van der Waals surface area (Å²) in [6.07, 6.45) is 4.21. The molecule has 4 nitrogen and oxygen atoms in total. The van der Waals surface area contributed by atoms with Crippen molar-refractivity contribution in [2.75, 3.05) is 39.3 Å². The summed E-state index contributed by atoms with van der Waals surface area (Å²) in [5.41, 5.74) is 0. The molecule has 21 heavy (non-hydrogen) atoms. The predicted octanol–water partition coefficient (Wildman–Crippen LogP) is 2.16. The Morgan fingerprint density at radius 1 is 1.24 bits per heavy atom. The van der Waals surface area contributed by atoms with Crippen molar-refractivity contribution in [3.05, 3.63) is 0 Å². The summed E-state index contributed by atoms with van der Waals surface area (Å²) in [6, 6.07) is 0.590. The zero-order valence-electron chi connectivity index (χ0n) is 13.3. The van der Waals surface area contributed by atoms with E-state index in [1.807, 2.05) is 0 Å². The van der Waals surface area contributed by atoms with Gasteiger partial charge in [-0.3, -0.25) is 9.69 Å². The van der Waals surface area contributed by atoms with E-state index in [4.69, 9.17) is 0 Å². The van der Waals surface area contributed by atoms with Gasteiger partial charge in [0.25, 0.3) is 0 Å². The van der Waals surface area contributed by atoms with Gasteiger partial charge < -0.3 is 10.2 Å². The van der Waals surface area contributed by atoms with Crippen molar-refractivity contribution < 1.29 is 4.79 Å². The molecular weight excluding hydrogens is 309 g/mol. The van der Waals surface area contributed by atoms with E-state index in [9.17, 15) is 4.79 Å². The van der Waals surface area contributed by atoms with Crippen molar-refractivity contribution in [1.82, 2.24) is 15.1 Å². The lowest BCUT2D eigenvalue weighted by Crippen LogP contribution is -2.38. The van der Waals surface area contributed by atoms with Gasteiger partial charge in [-0.05, 0) is 51.4 Å². The Morgan fingerprint density at radius 2 is 1.95 bits per heavy atom. The third-order valence-corrected chi connectivity index (χ3v) is 4.77. The maximum atomic E-state index is 12.2. The lowest BCUT2D eigenvalue weighted by Gasteiger charge is -2.26. The summed E-state index contributed by atoms with van der Waals surface area (Å²) >= 11 is 0. The average molecular weight is 340 g/mol. The molecule has 2 fully saturated rings. The predicted molar refractivity (Wildman–Crippen MR) is 92.6 cm³/mol. The molecule has 2 saturated heterocycles. The molecule has 0 aliphatic carbocycles. The van der Waals surface area contributed by atoms with Crippen molar-refractivity contribution in [2.45, 2.75) is 45.6 Å². The third kappa shape index (κ3) is 5.93. The van der Waals surface area contributed by atoms with Gasteiger partial charge in [0.15, 0.2) is 0 Å². The van der Waals surface area contributed by atoms with Crippen molar-refractivity contribution in [3.8, 4) is 0 Å². The molecule has 2 unspecified atom stereocenters. The zero-order chi connectivity index (χ0) is 13.7. The SMILES string of the molecule is CCN(CC)C1CCN(C(=O)CCC2CCNC2)C1.Cl.Cl. The molecule has 0 aromatic heterocycles. The van der Waals surface area contributed by atoms with Gasteiger partial charge in [-0.15, -0.1) is 24.8 Å². The number of nitrogens with one attached hydrogen (secondary N) is 1. The van der Waals surface area contributed by atoms with Crippen LogP contribution in [0.1, 0.15) is 39.5 Å². The van der Waals surface area contributed by atoms with E-state index >= 15 is 0 Å². The van der Waals surface area contributed by atoms with E-state index < -0.39 is 0 Å². The molecule has 0 saturated carbocycles. The zero-order valence-corrected chi connectivity index (χ0v) is 15.0. The molecule has 0 bridgehead atoms. The number of halogens is 2. The lowest BCUT2D eigenvalue weighted by atomic mass is 10.0. The van der Waals surface area contributed by atoms with Crippen LogP contribution in [0.25, 0.3) is 0 Å². The Morgan fingerprint density at radius 3 is 2.52 bits per heavy atom. The number of hydrogen-bond donors (Lipinski definition) is 1. The molecule has 126 valence electrons. The summed E-state index contributed by atoms with van der Waals surface area (Å²) < 4.78 is 0. The molecule has 0 aromatic rings. The highest BCUT2D eigenvalue weighted by molar-refractivity contribution is 5.85. The highest BCUT2D eigenvalue weighted by atomic mass is 35.5. The topological polar surface area (TPSA) is 35.6 Å². The van der Waals surface area contributed by atoms with Crippen LogP contribution in [0.2, 0.25) is 0 Å². The summed E-state index contributed by atoms with van der Waals surface area (Å²) in [4.78, 5) is 16.8. The first kappa shape index (κ1) is 21.0. The minimum absolute atomic E-state index is 0. The Hall–Kier alpha value is -0.0300. The normalized spacial score (nSPS) is 24.8. The van der Waals surface area contributed by atoms with E-state index in [2.05, 4.69) is 29.0 Å². The summed E-state index contributed by atoms with van der Waals surface area (Å²) in [5, 5.41) is 3.37. The Kier molecular flexibility index (Phi) is 10.6. The summed E-state index contributed by atoms with van der Waals surface area (Å²) in [7, 11) is 0. The van der Waals surface area contributed by atoms with Gasteiger partial charge in [0.2, 0.25) is 5.91 Å². The largest absolute Gasteiger partial charge is 0.341 e. The molecule has 6 heteroatoms. The fourth-order valence-electron chi connectivity index (χ4n) is 3.45. The number of carbonyl (C=O) groups excluding carboxylic acids is 1. The molecule has 2 heterocycles. The number of amides is 1. The fraction of sp³-hybridized carbons (Fsp3) is 0.933. The molecule has 0 radical (unpaired) electrons. The minimum atomic E-state index is 0. The van der Waals surface area contributed by atoms with Gasteiger partial charge in [0, 0.05) is 25.6 Å². The van der Waals surface area contributed by atoms with Gasteiger partial charge in [-0.25, -0.2) is 0 Å². The van der Waals surface area contributed by atoms with Crippen molar-refractivity contribution in [1.29, 1.82) is 0 Å². The van der Waals surface area contributed by atoms with Crippen LogP contribution in [0.5, 0.6) is 0 Å². The van der Waals surface area contributed by atoms with Crippen molar-refractivity contribution in [3.63, 3.8) is 0 Å². The van der Waals surface area contributed by atoms with Crippen LogP contribution >= 0.6 is 24.8 Å². The number of nitrogens with zero attached hydrogens (tertiary/aromatic N) is 2. The average Bonchev–Trinajstić information content (AvgIpc) is 3.09.